The topological polar surface area (TPSA) is 66.7 Å². The van der Waals surface area contributed by atoms with Crippen molar-refractivity contribution in [2.45, 2.75) is 6.92 Å². The first-order chi connectivity index (χ1) is 10.9. The lowest BCUT2D eigenvalue weighted by Crippen LogP contribution is -2.12. The third-order valence-electron chi connectivity index (χ3n) is 3.34. The summed E-state index contributed by atoms with van der Waals surface area (Å²) in [4.78, 5) is 6.50. The Morgan fingerprint density at radius 3 is 2.65 bits per heavy atom. The van der Waals surface area contributed by atoms with Crippen LogP contribution < -0.4 is 11.1 Å². The van der Waals surface area contributed by atoms with Crippen LogP contribution in [0.25, 0.3) is 11.0 Å². The number of benzene rings is 2. The van der Waals surface area contributed by atoms with Crippen LogP contribution in [-0.2, 0) is 0 Å². The fourth-order valence-electron chi connectivity index (χ4n) is 2.22. The fourth-order valence-corrected chi connectivity index (χ4v) is 2.50. The number of aryl methyl sites for hydroxylation is 1. The van der Waals surface area contributed by atoms with Gasteiger partial charge < -0.3 is 16.0 Å². The van der Waals surface area contributed by atoms with Crippen LogP contribution in [0.5, 0.6) is 0 Å². The molecule has 23 heavy (non-hydrogen) atoms. The molecular formula is C15H11F3N4S. The second kappa shape index (κ2) is 5.54. The minimum Gasteiger partial charge on any atom is -0.369 e. The highest BCUT2D eigenvalue weighted by atomic mass is 32.1. The van der Waals surface area contributed by atoms with Gasteiger partial charge in [0.2, 0.25) is 0 Å². The maximum absolute atomic E-state index is 13.8. The molecule has 3 aromatic rings. The minimum atomic E-state index is -1.10. The summed E-state index contributed by atoms with van der Waals surface area (Å²) in [5, 5.41) is 2.86. The Kier molecular flexibility index (Phi) is 3.69. The van der Waals surface area contributed by atoms with E-state index in [1.54, 1.807) is 13.0 Å². The van der Waals surface area contributed by atoms with Gasteiger partial charge in [-0.1, -0.05) is 12.2 Å². The zero-order valence-electron chi connectivity index (χ0n) is 11.9. The van der Waals surface area contributed by atoms with Gasteiger partial charge in [-0.2, -0.15) is 0 Å². The van der Waals surface area contributed by atoms with E-state index >= 15 is 0 Å². The average molecular weight is 336 g/mol. The molecule has 0 atom stereocenters. The number of rotatable bonds is 2. The van der Waals surface area contributed by atoms with Crippen molar-refractivity contribution < 1.29 is 13.2 Å². The number of nitrogens with one attached hydrogen (secondary N) is 2. The molecule has 0 aliphatic rings. The molecule has 0 unspecified atom stereocenters. The normalized spacial score (nSPS) is 11.0. The number of imidazole rings is 1. The van der Waals surface area contributed by atoms with Crippen LogP contribution in [-0.4, -0.2) is 15.0 Å². The number of hydrogen-bond acceptors (Lipinski definition) is 3. The number of anilines is 2. The standard InChI is InChI=1S/C15H11F3N4S/c1-6-4-7(2-3-9(6)16)20-14(23)8-5-10(17)11(18)13-12(8)21-15(19)22-13/h2-5H,1H3,(H,20,23)(H3,19,21,22). The number of halogens is 3. The average Bonchev–Trinajstić information content (AvgIpc) is 2.88. The molecule has 4 N–H and O–H groups in total. The summed E-state index contributed by atoms with van der Waals surface area (Å²) < 4.78 is 40.8. The van der Waals surface area contributed by atoms with Crippen LogP contribution in [0.3, 0.4) is 0 Å². The molecule has 0 bridgehead atoms. The van der Waals surface area contributed by atoms with Gasteiger partial charge in [-0.05, 0) is 36.8 Å². The van der Waals surface area contributed by atoms with Crippen molar-refractivity contribution in [2.24, 2.45) is 0 Å². The van der Waals surface area contributed by atoms with E-state index in [4.69, 9.17) is 18.0 Å². The van der Waals surface area contributed by atoms with Gasteiger partial charge in [0.25, 0.3) is 0 Å². The smallest absolute Gasteiger partial charge is 0.198 e. The Bertz CT molecular complexity index is 936. The van der Waals surface area contributed by atoms with E-state index < -0.39 is 11.6 Å². The van der Waals surface area contributed by atoms with Crippen molar-refractivity contribution in [3.8, 4) is 0 Å². The molecule has 0 amide bonds. The van der Waals surface area contributed by atoms with Crippen LogP contribution in [0.4, 0.5) is 24.8 Å². The predicted molar refractivity (Wildman–Crippen MR) is 86.9 cm³/mol. The summed E-state index contributed by atoms with van der Waals surface area (Å²) in [6.45, 7) is 1.61. The van der Waals surface area contributed by atoms with Crippen molar-refractivity contribution in [1.82, 2.24) is 9.97 Å². The third-order valence-corrected chi connectivity index (χ3v) is 3.66. The Labute approximate surface area is 134 Å². The molecule has 2 aromatic carbocycles. The summed E-state index contributed by atoms with van der Waals surface area (Å²) in [7, 11) is 0. The van der Waals surface area contributed by atoms with Gasteiger partial charge in [0, 0.05) is 11.3 Å². The lowest BCUT2D eigenvalue weighted by atomic mass is 10.1. The SMILES string of the molecule is Cc1cc(NC(=S)c2cc(F)c(F)c3nc(N)[nH]c23)ccc1F. The molecule has 0 radical (unpaired) electrons. The molecule has 3 rings (SSSR count). The number of aromatic nitrogens is 2. The van der Waals surface area contributed by atoms with Crippen LogP contribution in [0.2, 0.25) is 0 Å². The van der Waals surface area contributed by atoms with E-state index in [2.05, 4.69) is 15.3 Å². The molecule has 0 saturated heterocycles. The van der Waals surface area contributed by atoms with Gasteiger partial charge in [-0.25, -0.2) is 18.2 Å². The fraction of sp³-hybridized carbons (Fsp3) is 0.0667. The Morgan fingerprint density at radius 2 is 1.96 bits per heavy atom. The summed E-state index contributed by atoms with van der Waals surface area (Å²) in [6.07, 6.45) is 0. The minimum absolute atomic E-state index is 0.0498. The van der Waals surface area contributed by atoms with Crippen molar-refractivity contribution >= 4 is 39.9 Å². The zero-order chi connectivity index (χ0) is 16.7. The van der Waals surface area contributed by atoms with Crippen LogP contribution >= 0.6 is 12.2 Å². The summed E-state index contributed by atoms with van der Waals surface area (Å²) >= 11 is 5.24. The first-order valence-electron chi connectivity index (χ1n) is 6.57. The van der Waals surface area contributed by atoms with E-state index in [1.165, 1.54) is 12.1 Å². The van der Waals surface area contributed by atoms with Gasteiger partial charge in [0.05, 0.1) is 5.52 Å². The second-order valence-corrected chi connectivity index (χ2v) is 5.39. The third kappa shape index (κ3) is 2.72. The monoisotopic (exact) mass is 336 g/mol. The maximum Gasteiger partial charge on any atom is 0.198 e. The van der Waals surface area contributed by atoms with Crippen LogP contribution in [0, 0.1) is 24.4 Å². The molecule has 0 spiro atoms. The number of H-pyrrole nitrogens is 1. The molecule has 118 valence electrons. The van der Waals surface area contributed by atoms with E-state index in [0.29, 0.717) is 11.3 Å². The predicted octanol–water partition coefficient (Wildman–Crippen LogP) is 3.66. The van der Waals surface area contributed by atoms with Gasteiger partial charge in [0.15, 0.2) is 17.6 Å². The van der Waals surface area contributed by atoms with Crippen molar-refractivity contribution in [2.75, 3.05) is 11.1 Å². The summed E-state index contributed by atoms with van der Waals surface area (Å²) in [5.41, 5.74) is 6.64. The maximum atomic E-state index is 13.8. The molecule has 8 heteroatoms. The van der Waals surface area contributed by atoms with Crippen molar-refractivity contribution in [3.63, 3.8) is 0 Å². The molecule has 0 saturated carbocycles. The lowest BCUT2D eigenvalue weighted by molar-refractivity contribution is 0.515. The van der Waals surface area contributed by atoms with Crippen molar-refractivity contribution in [1.29, 1.82) is 0 Å². The zero-order valence-corrected chi connectivity index (χ0v) is 12.7. The van der Waals surface area contributed by atoms with Gasteiger partial charge in [-0.15, -0.1) is 0 Å². The highest BCUT2D eigenvalue weighted by molar-refractivity contribution is 7.81. The molecule has 0 aliphatic heterocycles. The largest absolute Gasteiger partial charge is 0.369 e. The van der Waals surface area contributed by atoms with Gasteiger partial charge in [-0.3, -0.25) is 0 Å². The van der Waals surface area contributed by atoms with Crippen LogP contribution in [0.1, 0.15) is 11.1 Å². The molecular weight excluding hydrogens is 325 g/mol. The highest BCUT2D eigenvalue weighted by Gasteiger charge is 2.18. The Balaban J connectivity index is 2.04. The van der Waals surface area contributed by atoms with Gasteiger partial charge in [0.1, 0.15) is 16.3 Å². The summed E-state index contributed by atoms with van der Waals surface area (Å²) in [5.74, 6) is -2.58. The number of nitrogens with two attached hydrogens (primary N) is 1. The number of fused-ring (bicyclic) bond motifs is 1. The number of aromatic amines is 1. The molecule has 0 fully saturated rings. The van der Waals surface area contributed by atoms with E-state index in [0.717, 1.165) is 6.07 Å². The Morgan fingerprint density at radius 1 is 1.22 bits per heavy atom. The van der Waals surface area contributed by atoms with Crippen LogP contribution in [0.15, 0.2) is 24.3 Å². The Hall–Kier alpha value is -2.61. The number of nitrogens with zero attached hydrogens (tertiary/aromatic N) is 1. The highest BCUT2D eigenvalue weighted by Crippen LogP contribution is 2.25. The quantitative estimate of drug-likeness (QED) is 0.625. The lowest BCUT2D eigenvalue weighted by Gasteiger charge is -2.10. The molecule has 1 aromatic heterocycles. The van der Waals surface area contributed by atoms with Gasteiger partial charge >= 0.3 is 0 Å². The molecule has 0 aliphatic carbocycles. The van der Waals surface area contributed by atoms with E-state index in [-0.39, 0.29) is 33.4 Å². The number of thiocarbonyl (C=S) groups is 1. The van der Waals surface area contributed by atoms with Crippen molar-refractivity contribution in [3.05, 3.63) is 52.8 Å². The molecule has 4 nitrogen and oxygen atoms in total. The number of hydrogen-bond donors (Lipinski definition) is 3. The molecule has 1 heterocycles. The van der Waals surface area contributed by atoms with E-state index in [1.807, 2.05) is 0 Å². The first-order valence-corrected chi connectivity index (χ1v) is 6.98. The van der Waals surface area contributed by atoms with E-state index in [9.17, 15) is 13.2 Å². The first kappa shape index (κ1) is 15.3. The number of nitrogen functional groups attached to an aromatic ring is 1. The summed E-state index contributed by atoms with van der Waals surface area (Å²) in [6, 6.07) is 5.30. The second-order valence-electron chi connectivity index (χ2n) is 4.98.